The summed E-state index contributed by atoms with van der Waals surface area (Å²) in [5, 5.41) is 12.7. The zero-order chi connectivity index (χ0) is 21.2. The highest BCUT2D eigenvalue weighted by atomic mass is 32.1. The largest absolute Gasteiger partial charge is 0.452 e. The molecule has 1 aromatic heterocycles. The first kappa shape index (κ1) is 21.0. The van der Waals surface area contributed by atoms with Gasteiger partial charge in [0.1, 0.15) is 16.9 Å². The number of nitrogens with zero attached hydrogens (tertiary/aromatic N) is 1. The quantitative estimate of drug-likeness (QED) is 0.735. The van der Waals surface area contributed by atoms with Gasteiger partial charge in [0, 0.05) is 4.88 Å². The summed E-state index contributed by atoms with van der Waals surface area (Å²) in [4.78, 5) is 25.3. The highest BCUT2D eigenvalue weighted by molar-refractivity contribution is 7.16. The third-order valence-electron chi connectivity index (χ3n) is 5.28. The Kier molecular flexibility index (Phi) is 6.04. The van der Waals surface area contributed by atoms with E-state index in [2.05, 4.69) is 32.2 Å². The number of thiophene rings is 1. The normalized spacial score (nSPS) is 15.9. The third-order valence-corrected chi connectivity index (χ3v) is 6.45. The lowest BCUT2D eigenvalue weighted by molar-refractivity contribution is -0.119. The van der Waals surface area contributed by atoms with E-state index >= 15 is 0 Å². The number of fused-ring (bicyclic) bond motifs is 1. The minimum absolute atomic E-state index is 0.179. The topological polar surface area (TPSA) is 79.2 Å². The van der Waals surface area contributed by atoms with Crippen molar-refractivity contribution >= 4 is 28.2 Å². The summed E-state index contributed by atoms with van der Waals surface area (Å²) in [6.07, 6.45) is 2.71. The van der Waals surface area contributed by atoms with Gasteiger partial charge in [0.25, 0.3) is 5.91 Å². The molecule has 29 heavy (non-hydrogen) atoms. The van der Waals surface area contributed by atoms with Crippen molar-refractivity contribution in [2.75, 3.05) is 11.9 Å². The van der Waals surface area contributed by atoms with Gasteiger partial charge in [0.2, 0.25) is 0 Å². The Morgan fingerprint density at radius 2 is 2.07 bits per heavy atom. The van der Waals surface area contributed by atoms with Gasteiger partial charge >= 0.3 is 5.97 Å². The molecule has 1 aliphatic rings. The van der Waals surface area contributed by atoms with Crippen LogP contribution in [0, 0.1) is 28.5 Å². The van der Waals surface area contributed by atoms with Crippen LogP contribution in [0.5, 0.6) is 0 Å². The number of nitrogens with one attached hydrogen (secondary N) is 1. The average Bonchev–Trinajstić information content (AvgIpc) is 3.01. The maximum Gasteiger partial charge on any atom is 0.341 e. The molecule has 0 radical (unpaired) electrons. The number of rotatable bonds is 4. The van der Waals surface area contributed by atoms with Crippen LogP contribution in [0.25, 0.3) is 0 Å². The van der Waals surface area contributed by atoms with Gasteiger partial charge in [-0.2, -0.15) is 5.26 Å². The minimum Gasteiger partial charge on any atom is -0.452 e. The van der Waals surface area contributed by atoms with Crippen molar-refractivity contribution in [1.82, 2.24) is 0 Å². The summed E-state index contributed by atoms with van der Waals surface area (Å²) in [5.74, 6) is -1.65. The Hall–Kier alpha value is -2.72. The van der Waals surface area contributed by atoms with Crippen LogP contribution in [0.1, 0.15) is 53.6 Å². The molecular formula is C22H23FN2O3S. The summed E-state index contributed by atoms with van der Waals surface area (Å²) in [6.45, 7) is 6.10. The number of nitriles is 1. The maximum atomic E-state index is 13.6. The van der Waals surface area contributed by atoms with E-state index in [-0.39, 0.29) is 11.0 Å². The van der Waals surface area contributed by atoms with Crippen LogP contribution in [0.3, 0.4) is 0 Å². The minimum atomic E-state index is -0.905. The molecule has 1 aliphatic carbocycles. The molecule has 1 amide bonds. The molecule has 0 fully saturated rings. The Labute approximate surface area is 173 Å². The third kappa shape index (κ3) is 4.65. The molecule has 0 spiro atoms. The van der Waals surface area contributed by atoms with Gasteiger partial charge in [0.05, 0.1) is 11.1 Å². The van der Waals surface area contributed by atoms with Gasteiger partial charge in [-0.05, 0) is 48.3 Å². The summed E-state index contributed by atoms with van der Waals surface area (Å²) in [7, 11) is 0. The number of carbonyl (C=O) groups is 2. The number of hydrogen-bond donors (Lipinski definition) is 1. The highest BCUT2D eigenvalue weighted by Crippen LogP contribution is 2.43. The SMILES string of the molecule is CC(C)(C)[C@@H]1CCc2c(sc(NC(=O)COC(=O)c3ccccc3F)c2C#N)C1. The lowest BCUT2D eigenvalue weighted by Gasteiger charge is -2.33. The second kappa shape index (κ2) is 8.34. The van der Waals surface area contributed by atoms with E-state index in [4.69, 9.17) is 4.74 Å². The molecule has 152 valence electrons. The number of ether oxygens (including phenoxy) is 1. The van der Waals surface area contributed by atoms with E-state index in [0.29, 0.717) is 16.5 Å². The first-order chi connectivity index (χ1) is 13.7. The molecule has 1 heterocycles. The molecule has 3 rings (SSSR count). The fraction of sp³-hybridized carbons (Fsp3) is 0.409. The Bertz CT molecular complexity index is 985. The van der Waals surface area contributed by atoms with Crippen molar-refractivity contribution in [3.8, 4) is 6.07 Å². The molecule has 0 aliphatic heterocycles. The van der Waals surface area contributed by atoms with Crippen LogP contribution in [-0.4, -0.2) is 18.5 Å². The smallest absolute Gasteiger partial charge is 0.341 e. The number of carbonyl (C=O) groups excluding carboxylic acids is 2. The number of esters is 1. The van der Waals surface area contributed by atoms with Crippen molar-refractivity contribution in [3.63, 3.8) is 0 Å². The molecule has 0 unspecified atom stereocenters. The van der Waals surface area contributed by atoms with Crippen molar-refractivity contribution < 1.29 is 18.7 Å². The maximum absolute atomic E-state index is 13.6. The van der Waals surface area contributed by atoms with Crippen LogP contribution in [0.15, 0.2) is 24.3 Å². The van der Waals surface area contributed by atoms with Crippen LogP contribution < -0.4 is 5.32 Å². The summed E-state index contributed by atoms with van der Waals surface area (Å²) in [5.41, 5.74) is 1.46. The molecule has 0 saturated carbocycles. The highest BCUT2D eigenvalue weighted by Gasteiger charge is 2.32. The van der Waals surface area contributed by atoms with Crippen LogP contribution in [0.4, 0.5) is 9.39 Å². The second-order valence-electron chi connectivity index (χ2n) is 8.23. The van der Waals surface area contributed by atoms with Gasteiger partial charge in [-0.15, -0.1) is 11.3 Å². The molecule has 1 aromatic carbocycles. The molecule has 5 nitrogen and oxygen atoms in total. The zero-order valence-corrected chi connectivity index (χ0v) is 17.5. The predicted octanol–water partition coefficient (Wildman–Crippen LogP) is 4.71. The molecule has 2 aromatic rings. The number of halogens is 1. The summed E-state index contributed by atoms with van der Waals surface area (Å²) in [6, 6.07) is 7.62. The number of hydrogen-bond acceptors (Lipinski definition) is 5. The van der Waals surface area contributed by atoms with Crippen molar-refractivity contribution in [1.29, 1.82) is 5.26 Å². The summed E-state index contributed by atoms with van der Waals surface area (Å²) < 4.78 is 18.5. The van der Waals surface area contributed by atoms with E-state index in [1.54, 1.807) is 0 Å². The Balaban J connectivity index is 1.67. The first-order valence-corrected chi connectivity index (χ1v) is 10.3. The average molecular weight is 415 g/mol. The van der Waals surface area contributed by atoms with E-state index < -0.39 is 24.3 Å². The van der Waals surface area contributed by atoms with Crippen molar-refractivity contribution in [2.24, 2.45) is 11.3 Å². The fourth-order valence-electron chi connectivity index (χ4n) is 3.53. The Morgan fingerprint density at radius 3 is 2.72 bits per heavy atom. The summed E-state index contributed by atoms with van der Waals surface area (Å²) >= 11 is 1.41. The zero-order valence-electron chi connectivity index (χ0n) is 16.7. The van der Waals surface area contributed by atoms with Crippen LogP contribution in [-0.2, 0) is 22.4 Å². The number of benzene rings is 1. The van der Waals surface area contributed by atoms with E-state index in [0.717, 1.165) is 35.8 Å². The van der Waals surface area contributed by atoms with Gasteiger partial charge in [-0.25, -0.2) is 9.18 Å². The lowest BCUT2D eigenvalue weighted by Crippen LogP contribution is -2.26. The van der Waals surface area contributed by atoms with Gasteiger partial charge < -0.3 is 10.1 Å². The predicted molar refractivity (Wildman–Crippen MR) is 109 cm³/mol. The first-order valence-electron chi connectivity index (χ1n) is 9.47. The van der Waals surface area contributed by atoms with E-state index in [1.165, 1.54) is 29.5 Å². The standard InChI is InChI=1S/C22H23FN2O3S/c1-22(2,3)13-8-9-14-16(11-24)20(29-18(14)10-13)25-19(26)12-28-21(27)15-6-4-5-7-17(15)23/h4-7,13H,8-10,12H2,1-3H3,(H,25,26)/t13-/m1/s1. The monoisotopic (exact) mass is 414 g/mol. The van der Waals surface area contributed by atoms with Crippen molar-refractivity contribution in [3.05, 3.63) is 51.7 Å². The number of anilines is 1. The van der Waals surface area contributed by atoms with E-state index in [9.17, 15) is 19.2 Å². The molecule has 1 atom stereocenters. The van der Waals surface area contributed by atoms with Crippen molar-refractivity contribution in [2.45, 2.75) is 40.0 Å². The molecule has 0 saturated heterocycles. The van der Waals surface area contributed by atoms with Crippen LogP contribution in [0.2, 0.25) is 0 Å². The second-order valence-corrected chi connectivity index (χ2v) is 9.33. The van der Waals surface area contributed by atoms with Gasteiger partial charge in [-0.1, -0.05) is 32.9 Å². The van der Waals surface area contributed by atoms with Gasteiger partial charge in [0.15, 0.2) is 6.61 Å². The lowest BCUT2D eigenvalue weighted by atomic mass is 9.72. The Morgan fingerprint density at radius 1 is 1.34 bits per heavy atom. The van der Waals surface area contributed by atoms with Crippen LogP contribution >= 0.6 is 11.3 Å². The molecular weight excluding hydrogens is 391 g/mol. The molecule has 0 bridgehead atoms. The fourth-order valence-corrected chi connectivity index (χ4v) is 4.82. The molecule has 7 heteroatoms. The van der Waals surface area contributed by atoms with E-state index in [1.807, 2.05) is 0 Å². The number of amides is 1. The molecule has 1 N–H and O–H groups in total. The van der Waals surface area contributed by atoms with Gasteiger partial charge in [-0.3, -0.25) is 4.79 Å².